The largest absolute Gasteiger partial charge is 0.398 e. The highest BCUT2D eigenvalue weighted by Gasteiger charge is 2.38. The lowest BCUT2D eigenvalue weighted by atomic mass is 9.78. The van der Waals surface area contributed by atoms with E-state index >= 15 is 0 Å². The van der Waals surface area contributed by atoms with Crippen LogP contribution in [0.4, 0.5) is 0 Å². The molecule has 0 unspecified atom stereocenters. The van der Waals surface area contributed by atoms with Crippen molar-refractivity contribution in [2.24, 2.45) is 0 Å². The highest BCUT2D eigenvalue weighted by Crippen LogP contribution is 2.24. The Hall–Kier alpha value is -0.0551. The summed E-state index contributed by atoms with van der Waals surface area (Å²) in [5.41, 5.74) is 0.268. The second-order valence-electron chi connectivity index (χ2n) is 5.69. The fraction of sp³-hybridized carbons (Fsp3) is 1.00. The molecule has 0 atom stereocenters. The van der Waals surface area contributed by atoms with Crippen molar-refractivity contribution in [2.45, 2.75) is 52.6 Å². The summed E-state index contributed by atoms with van der Waals surface area (Å²) in [7, 11) is 4.16. The third-order valence-electron chi connectivity index (χ3n) is 2.25. The van der Waals surface area contributed by atoms with Crippen LogP contribution in [-0.4, -0.2) is 37.1 Å². The van der Waals surface area contributed by atoms with Crippen LogP contribution >= 0.6 is 0 Å². The molecule has 0 aromatic heterocycles. The number of hydrogen-bond acceptors (Lipinski definition) is 3. The fourth-order valence-corrected chi connectivity index (χ4v) is 2.18. The Morgan fingerprint density at radius 3 is 1.14 bits per heavy atom. The highest BCUT2D eigenvalue weighted by molar-refractivity contribution is 6.50. The smallest absolute Gasteiger partial charge is 0.330 e. The second-order valence-corrected chi connectivity index (χ2v) is 5.69. The van der Waals surface area contributed by atoms with Crippen LogP contribution in [0.25, 0.3) is 0 Å². The topological polar surface area (TPSA) is 27.3 Å². The first-order chi connectivity index (χ1) is 6.14. The molecule has 2 N–H and O–H groups in total. The lowest BCUT2D eigenvalue weighted by Gasteiger charge is -2.48. The summed E-state index contributed by atoms with van der Waals surface area (Å²) < 4.78 is 0. The Kier molecular flexibility index (Phi) is 4.62. The molecule has 84 valence electrons. The molecular formula is C10H26BN3. The molecule has 0 heterocycles. The first-order valence-electron chi connectivity index (χ1n) is 5.28. The molecular weight excluding hydrogens is 173 g/mol. The Morgan fingerprint density at radius 1 is 0.786 bits per heavy atom. The summed E-state index contributed by atoms with van der Waals surface area (Å²) in [6.45, 7) is 13.4. The normalized spacial score (nSPS) is 13.5. The van der Waals surface area contributed by atoms with E-state index in [9.17, 15) is 0 Å². The zero-order valence-corrected chi connectivity index (χ0v) is 11.0. The Morgan fingerprint density at radius 2 is 1.07 bits per heavy atom. The number of hydrogen-bond donors (Lipinski definition) is 2. The predicted molar refractivity (Wildman–Crippen MR) is 65.2 cm³/mol. The summed E-state index contributed by atoms with van der Waals surface area (Å²) >= 11 is 0. The second kappa shape index (κ2) is 4.64. The van der Waals surface area contributed by atoms with Crippen LogP contribution < -0.4 is 10.5 Å². The monoisotopic (exact) mass is 199 g/mol. The van der Waals surface area contributed by atoms with Gasteiger partial charge in [-0.3, -0.25) is 0 Å². The predicted octanol–water partition coefficient (Wildman–Crippen LogP) is 1.31. The maximum absolute atomic E-state index is 3.28. The van der Waals surface area contributed by atoms with E-state index < -0.39 is 0 Å². The van der Waals surface area contributed by atoms with Gasteiger partial charge in [-0.2, -0.15) is 0 Å². The first-order valence-corrected chi connectivity index (χ1v) is 5.28. The lowest BCUT2D eigenvalue weighted by molar-refractivity contribution is 0.127. The van der Waals surface area contributed by atoms with Crippen LogP contribution in [0.1, 0.15) is 41.5 Å². The van der Waals surface area contributed by atoms with Crippen molar-refractivity contribution in [1.29, 1.82) is 0 Å². The zero-order valence-electron chi connectivity index (χ0n) is 11.0. The van der Waals surface area contributed by atoms with Crippen LogP contribution in [0.2, 0.25) is 0 Å². The van der Waals surface area contributed by atoms with Gasteiger partial charge in [0, 0.05) is 11.1 Å². The molecule has 0 aromatic rings. The van der Waals surface area contributed by atoms with E-state index in [1.165, 1.54) is 0 Å². The van der Waals surface area contributed by atoms with Gasteiger partial charge in [-0.05, 0) is 55.6 Å². The number of rotatable bonds is 3. The van der Waals surface area contributed by atoms with Gasteiger partial charge in [-0.15, -0.1) is 0 Å². The van der Waals surface area contributed by atoms with E-state index in [1.54, 1.807) is 0 Å². The van der Waals surface area contributed by atoms with Crippen LogP contribution in [0.5, 0.6) is 0 Å². The van der Waals surface area contributed by atoms with Crippen molar-refractivity contribution in [3.63, 3.8) is 0 Å². The summed E-state index contributed by atoms with van der Waals surface area (Å²) in [6.07, 6.45) is 0. The molecule has 0 saturated carbocycles. The first kappa shape index (κ1) is 13.9. The van der Waals surface area contributed by atoms with E-state index in [4.69, 9.17) is 0 Å². The fourth-order valence-electron chi connectivity index (χ4n) is 2.18. The minimum Gasteiger partial charge on any atom is -0.330 e. The summed E-state index contributed by atoms with van der Waals surface area (Å²) in [5, 5.41) is 6.56. The maximum Gasteiger partial charge on any atom is 0.398 e. The maximum atomic E-state index is 3.28. The summed E-state index contributed by atoms with van der Waals surface area (Å²) in [5.74, 6) is 0. The van der Waals surface area contributed by atoms with Gasteiger partial charge in [-0.25, -0.2) is 0 Å². The Labute approximate surface area is 89.8 Å². The van der Waals surface area contributed by atoms with E-state index in [0.717, 1.165) is 0 Å². The van der Waals surface area contributed by atoms with Gasteiger partial charge >= 0.3 is 7.12 Å². The molecule has 0 rings (SSSR count). The molecule has 0 fully saturated rings. The van der Waals surface area contributed by atoms with Crippen molar-refractivity contribution in [2.75, 3.05) is 14.1 Å². The quantitative estimate of drug-likeness (QED) is 0.671. The molecule has 0 bridgehead atoms. The van der Waals surface area contributed by atoms with Crippen molar-refractivity contribution in [3.8, 4) is 0 Å². The highest BCUT2D eigenvalue weighted by atomic mass is 15.3. The molecule has 0 aliphatic heterocycles. The van der Waals surface area contributed by atoms with E-state index in [1.807, 2.05) is 14.1 Å². The van der Waals surface area contributed by atoms with Crippen molar-refractivity contribution < 1.29 is 0 Å². The molecule has 0 aromatic carbocycles. The van der Waals surface area contributed by atoms with Gasteiger partial charge in [0.2, 0.25) is 0 Å². The van der Waals surface area contributed by atoms with Gasteiger partial charge < -0.3 is 15.3 Å². The average molecular weight is 199 g/mol. The van der Waals surface area contributed by atoms with Crippen molar-refractivity contribution in [3.05, 3.63) is 0 Å². The molecule has 3 nitrogen and oxygen atoms in total. The standard InChI is InChI=1S/C10H26BN3/c1-9(2,3)14(10(4,5)6)11(12-7)13-8/h12-13H,1-8H3. The van der Waals surface area contributed by atoms with E-state index in [2.05, 4.69) is 56.8 Å². The molecule has 0 spiro atoms. The van der Waals surface area contributed by atoms with E-state index in [-0.39, 0.29) is 18.2 Å². The Bertz CT molecular complexity index is 151. The molecule has 0 aliphatic carbocycles. The van der Waals surface area contributed by atoms with Gasteiger partial charge in [0.1, 0.15) is 0 Å². The van der Waals surface area contributed by atoms with Crippen molar-refractivity contribution >= 4 is 7.12 Å². The molecule has 0 aliphatic rings. The van der Waals surface area contributed by atoms with Gasteiger partial charge in [0.05, 0.1) is 0 Å². The van der Waals surface area contributed by atoms with Crippen LogP contribution in [0, 0.1) is 0 Å². The minimum absolute atomic E-state index is 0.134. The minimum atomic E-state index is 0.134. The lowest BCUT2D eigenvalue weighted by Crippen LogP contribution is -2.69. The molecule has 0 amide bonds. The summed E-state index contributed by atoms with van der Waals surface area (Å²) in [4.78, 5) is 2.43. The number of nitrogens with one attached hydrogen (secondary N) is 2. The van der Waals surface area contributed by atoms with E-state index in [0.29, 0.717) is 0 Å². The Balaban J connectivity index is 4.91. The van der Waals surface area contributed by atoms with Crippen molar-refractivity contribution in [1.82, 2.24) is 15.3 Å². The molecule has 0 saturated heterocycles. The van der Waals surface area contributed by atoms with Crippen LogP contribution in [0.3, 0.4) is 0 Å². The number of nitrogens with zero attached hydrogens (tertiary/aromatic N) is 1. The van der Waals surface area contributed by atoms with Gasteiger partial charge in [-0.1, -0.05) is 0 Å². The third-order valence-corrected chi connectivity index (χ3v) is 2.25. The zero-order chi connectivity index (χ0) is 11.6. The average Bonchev–Trinajstić information content (AvgIpc) is 1.94. The van der Waals surface area contributed by atoms with Crippen LogP contribution in [-0.2, 0) is 0 Å². The SMILES string of the molecule is CNB(NC)N(C(C)(C)C)C(C)(C)C. The molecule has 4 heteroatoms. The third kappa shape index (κ3) is 3.60. The van der Waals surface area contributed by atoms with Gasteiger partial charge in [0.25, 0.3) is 0 Å². The van der Waals surface area contributed by atoms with Crippen LogP contribution in [0.15, 0.2) is 0 Å². The molecule has 0 radical (unpaired) electrons. The summed E-state index contributed by atoms with van der Waals surface area (Å²) in [6, 6.07) is 0. The molecule has 14 heavy (non-hydrogen) atoms. The van der Waals surface area contributed by atoms with Gasteiger partial charge in [0.15, 0.2) is 0 Å².